The molecule has 1 saturated heterocycles. The Kier molecular flexibility index (Phi) is 6.70. The maximum absolute atomic E-state index is 12.7. The second kappa shape index (κ2) is 8.56. The van der Waals surface area contributed by atoms with Gasteiger partial charge >= 0.3 is 0 Å². The van der Waals surface area contributed by atoms with Gasteiger partial charge in [0.1, 0.15) is 0 Å². The number of nitrogens with zero attached hydrogens (tertiary/aromatic N) is 1. The summed E-state index contributed by atoms with van der Waals surface area (Å²) in [5.74, 6) is 1.44. The number of rotatable bonds is 8. The highest BCUT2D eigenvalue weighted by molar-refractivity contribution is 7.91. The molecule has 1 aromatic carbocycles. The number of carbonyl (C=O) groups is 1. The molecule has 1 aliphatic rings. The molecule has 1 fully saturated rings. The number of benzene rings is 1. The number of methoxy groups -OCH3 is 2. The van der Waals surface area contributed by atoms with Crippen LogP contribution in [0.3, 0.4) is 0 Å². The molecule has 25 heavy (non-hydrogen) atoms. The zero-order valence-electron chi connectivity index (χ0n) is 15.2. The maximum Gasteiger partial charge on any atom is 0.223 e. The van der Waals surface area contributed by atoms with E-state index in [2.05, 4.69) is 0 Å². The van der Waals surface area contributed by atoms with E-state index in [0.29, 0.717) is 30.9 Å². The van der Waals surface area contributed by atoms with Gasteiger partial charge in [0.05, 0.1) is 25.7 Å². The van der Waals surface area contributed by atoms with Gasteiger partial charge in [-0.25, -0.2) is 8.42 Å². The van der Waals surface area contributed by atoms with Gasteiger partial charge in [0.15, 0.2) is 21.3 Å². The number of hydrogen-bond donors (Lipinski definition) is 0. The van der Waals surface area contributed by atoms with E-state index in [1.807, 2.05) is 19.1 Å². The summed E-state index contributed by atoms with van der Waals surface area (Å²) in [5.41, 5.74) is 0.895. The number of unbranched alkanes of at least 4 members (excludes halogenated alkanes) is 1. The summed E-state index contributed by atoms with van der Waals surface area (Å²) >= 11 is 0. The van der Waals surface area contributed by atoms with Crippen molar-refractivity contribution in [3.8, 4) is 11.5 Å². The minimum Gasteiger partial charge on any atom is -0.493 e. The summed E-state index contributed by atoms with van der Waals surface area (Å²) in [6.45, 7) is 2.41. The highest BCUT2D eigenvalue weighted by atomic mass is 32.2. The molecule has 1 atom stereocenters. The van der Waals surface area contributed by atoms with Crippen molar-refractivity contribution < 1.29 is 22.7 Å². The minimum absolute atomic E-state index is 0.0127. The number of hydrogen-bond acceptors (Lipinski definition) is 5. The molecule has 1 aromatic rings. The van der Waals surface area contributed by atoms with Crippen molar-refractivity contribution >= 4 is 15.7 Å². The highest BCUT2D eigenvalue weighted by Gasteiger charge is 2.34. The first-order valence-corrected chi connectivity index (χ1v) is 10.4. The summed E-state index contributed by atoms with van der Waals surface area (Å²) in [7, 11) is 0.0869. The molecule has 1 amide bonds. The molecule has 140 valence electrons. The van der Waals surface area contributed by atoms with Crippen LogP contribution in [0.1, 0.15) is 38.2 Å². The number of amides is 1. The van der Waals surface area contributed by atoms with Gasteiger partial charge in [-0.05, 0) is 30.5 Å². The molecule has 0 saturated carbocycles. The second-order valence-electron chi connectivity index (χ2n) is 6.37. The van der Waals surface area contributed by atoms with E-state index < -0.39 is 9.84 Å². The van der Waals surface area contributed by atoms with Crippen molar-refractivity contribution in [2.45, 2.75) is 45.2 Å². The summed E-state index contributed by atoms with van der Waals surface area (Å²) in [6.07, 6.45) is 2.69. The highest BCUT2D eigenvalue weighted by Crippen LogP contribution is 2.29. The van der Waals surface area contributed by atoms with Gasteiger partial charge in [0.25, 0.3) is 0 Å². The molecule has 2 rings (SSSR count). The van der Waals surface area contributed by atoms with Gasteiger partial charge in [0, 0.05) is 19.0 Å². The fourth-order valence-corrected chi connectivity index (χ4v) is 4.82. The Balaban J connectivity index is 2.22. The van der Waals surface area contributed by atoms with E-state index in [9.17, 15) is 13.2 Å². The van der Waals surface area contributed by atoms with Crippen LogP contribution >= 0.6 is 0 Å². The molecule has 1 heterocycles. The molecular formula is C18H27NO5S. The van der Waals surface area contributed by atoms with Crippen molar-refractivity contribution in [2.24, 2.45) is 0 Å². The average Bonchev–Trinajstić information content (AvgIpc) is 2.96. The lowest BCUT2D eigenvalue weighted by Crippen LogP contribution is -2.40. The van der Waals surface area contributed by atoms with E-state index >= 15 is 0 Å². The maximum atomic E-state index is 12.7. The van der Waals surface area contributed by atoms with E-state index in [0.717, 1.165) is 18.4 Å². The Labute approximate surface area is 150 Å². The van der Waals surface area contributed by atoms with Crippen LogP contribution in [0.5, 0.6) is 11.5 Å². The molecule has 0 aromatic heterocycles. The largest absolute Gasteiger partial charge is 0.493 e. The van der Waals surface area contributed by atoms with Crippen LogP contribution in [0, 0.1) is 0 Å². The fourth-order valence-electron chi connectivity index (χ4n) is 3.09. The van der Waals surface area contributed by atoms with Crippen LogP contribution in [0.25, 0.3) is 0 Å². The lowest BCUT2D eigenvalue weighted by Gasteiger charge is -2.29. The Morgan fingerprint density at radius 3 is 2.52 bits per heavy atom. The third-order valence-corrected chi connectivity index (χ3v) is 6.26. The van der Waals surface area contributed by atoms with Crippen molar-refractivity contribution in [1.82, 2.24) is 4.90 Å². The molecule has 0 spiro atoms. The SMILES string of the molecule is CCCCC(=O)N(Cc1ccc(OC)c(OC)c1)[C@H]1CCS(=O)(=O)C1. The lowest BCUT2D eigenvalue weighted by atomic mass is 10.1. The quantitative estimate of drug-likeness (QED) is 0.704. The molecule has 6 nitrogen and oxygen atoms in total. The van der Waals surface area contributed by atoms with Crippen LogP contribution in [-0.4, -0.2) is 51.0 Å². The molecule has 0 N–H and O–H groups in total. The van der Waals surface area contributed by atoms with E-state index in [-0.39, 0.29) is 23.5 Å². The van der Waals surface area contributed by atoms with Crippen LogP contribution in [0.15, 0.2) is 18.2 Å². The first kappa shape index (κ1) is 19.6. The Morgan fingerprint density at radius 1 is 1.24 bits per heavy atom. The summed E-state index contributed by atoms with van der Waals surface area (Å²) in [6, 6.07) is 5.27. The Hall–Kier alpha value is -1.76. The predicted octanol–water partition coefficient (Wildman–Crippen LogP) is 2.41. The van der Waals surface area contributed by atoms with Gasteiger partial charge in [0.2, 0.25) is 5.91 Å². The minimum atomic E-state index is -3.05. The van der Waals surface area contributed by atoms with Gasteiger partial charge < -0.3 is 14.4 Å². The molecule has 0 aliphatic carbocycles. The summed E-state index contributed by atoms with van der Waals surface area (Å²) < 4.78 is 34.2. The normalized spacial score (nSPS) is 18.8. The monoisotopic (exact) mass is 369 g/mol. The van der Waals surface area contributed by atoms with Crippen molar-refractivity contribution in [2.75, 3.05) is 25.7 Å². The smallest absolute Gasteiger partial charge is 0.223 e. The first-order chi connectivity index (χ1) is 11.9. The van der Waals surface area contributed by atoms with Crippen LogP contribution in [-0.2, 0) is 21.2 Å². The molecule has 0 unspecified atom stereocenters. The summed E-state index contributed by atoms with van der Waals surface area (Å²) in [4.78, 5) is 14.4. The van der Waals surface area contributed by atoms with Gasteiger partial charge in [-0.1, -0.05) is 19.4 Å². The zero-order chi connectivity index (χ0) is 18.4. The molecule has 0 radical (unpaired) electrons. The second-order valence-corrected chi connectivity index (χ2v) is 8.60. The standard InChI is InChI=1S/C18H27NO5S/c1-4-5-6-18(20)19(15-9-10-25(21,22)13-15)12-14-7-8-16(23-2)17(11-14)24-3/h7-8,11,15H,4-6,9-10,12-13H2,1-3H3/t15-/m0/s1. The fraction of sp³-hybridized carbons (Fsp3) is 0.611. The van der Waals surface area contributed by atoms with Gasteiger partial charge in [-0.2, -0.15) is 0 Å². The lowest BCUT2D eigenvalue weighted by molar-refractivity contribution is -0.133. The van der Waals surface area contributed by atoms with Crippen molar-refractivity contribution in [3.05, 3.63) is 23.8 Å². The van der Waals surface area contributed by atoms with Gasteiger partial charge in [-0.3, -0.25) is 4.79 Å². The first-order valence-electron chi connectivity index (χ1n) is 8.61. The molecule has 1 aliphatic heterocycles. The predicted molar refractivity (Wildman–Crippen MR) is 96.7 cm³/mol. The van der Waals surface area contributed by atoms with E-state index in [1.165, 1.54) is 0 Å². The Bertz CT molecular complexity index is 701. The number of ether oxygens (including phenoxy) is 2. The third kappa shape index (κ3) is 5.11. The molecule has 7 heteroatoms. The Morgan fingerprint density at radius 2 is 1.96 bits per heavy atom. The van der Waals surface area contributed by atoms with Crippen LogP contribution in [0.4, 0.5) is 0 Å². The van der Waals surface area contributed by atoms with Gasteiger partial charge in [-0.15, -0.1) is 0 Å². The summed E-state index contributed by atoms with van der Waals surface area (Å²) in [5, 5.41) is 0. The van der Waals surface area contributed by atoms with Crippen molar-refractivity contribution in [3.63, 3.8) is 0 Å². The zero-order valence-corrected chi connectivity index (χ0v) is 16.0. The third-order valence-electron chi connectivity index (χ3n) is 4.51. The molecule has 0 bridgehead atoms. The van der Waals surface area contributed by atoms with E-state index in [4.69, 9.17) is 9.47 Å². The van der Waals surface area contributed by atoms with Crippen LogP contribution in [0.2, 0.25) is 0 Å². The van der Waals surface area contributed by atoms with Crippen LogP contribution < -0.4 is 9.47 Å². The topological polar surface area (TPSA) is 72.9 Å². The molecular weight excluding hydrogens is 342 g/mol. The number of carbonyl (C=O) groups excluding carboxylic acids is 1. The van der Waals surface area contributed by atoms with E-state index in [1.54, 1.807) is 25.2 Å². The van der Waals surface area contributed by atoms with Crippen molar-refractivity contribution in [1.29, 1.82) is 0 Å². The number of sulfone groups is 1. The average molecular weight is 369 g/mol.